The van der Waals surface area contributed by atoms with Gasteiger partial charge in [-0.2, -0.15) is 0 Å². The summed E-state index contributed by atoms with van der Waals surface area (Å²) >= 11 is 0. The van der Waals surface area contributed by atoms with Gasteiger partial charge in [0.15, 0.2) is 6.29 Å². The standard InChI is InChI=1S/C13H16N2O3/c1-13(2,3)18-12(17)15-5-4-10-6-9(8-16)7-14-11(10)15/h6-8H,4-5H2,1-3H3. The van der Waals surface area contributed by atoms with E-state index in [4.69, 9.17) is 4.74 Å². The van der Waals surface area contributed by atoms with Crippen LogP contribution in [0.15, 0.2) is 12.3 Å². The summed E-state index contributed by atoms with van der Waals surface area (Å²) in [5, 5.41) is 0. The Labute approximate surface area is 106 Å². The first kappa shape index (κ1) is 12.5. The molecule has 0 radical (unpaired) electrons. The van der Waals surface area contributed by atoms with Gasteiger partial charge in [0, 0.05) is 18.3 Å². The number of aldehydes is 1. The fourth-order valence-corrected chi connectivity index (χ4v) is 1.85. The number of hydrogen-bond donors (Lipinski definition) is 0. The second-order valence-corrected chi connectivity index (χ2v) is 5.25. The number of hydrogen-bond acceptors (Lipinski definition) is 4. The number of anilines is 1. The first-order chi connectivity index (χ1) is 8.40. The monoisotopic (exact) mass is 248 g/mol. The van der Waals surface area contributed by atoms with Crippen LogP contribution in [0.3, 0.4) is 0 Å². The number of amides is 1. The molecule has 0 aliphatic carbocycles. The average molecular weight is 248 g/mol. The van der Waals surface area contributed by atoms with Gasteiger partial charge in [0.25, 0.3) is 0 Å². The molecular weight excluding hydrogens is 232 g/mol. The molecule has 0 bridgehead atoms. The minimum absolute atomic E-state index is 0.396. The molecule has 0 atom stereocenters. The third kappa shape index (κ3) is 2.50. The first-order valence-corrected chi connectivity index (χ1v) is 5.85. The molecule has 0 saturated heterocycles. The van der Waals surface area contributed by atoms with Gasteiger partial charge in [0.1, 0.15) is 11.4 Å². The van der Waals surface area contributed by atoms with Gasteiger partial charge in [0.05, 0.1) is 0 Å². The fraction of sp³-hybridized carbons (Fsp3) is 0.462. The number of nitrogens with zero attached hydrogens (tertiary/aromatic N) is 2. The maximum absolute atomic E-state index is 12.0. The Morgan fingerprint density at radius 2 is 2.22 bits per heavy atom. The zero-order valence-electron chi connectivity index (χ0n) is 10.8. The third-order valence-electron chi connectivity index (χ3n) is 2.57. The average Bonchev–Trinajstić information content (AvgIpc) is 2.69. The Morgan fingerprint density at radius 3 is 2.83 bits per heavy atom. The van der Waals surface area contributed by atoms with Crippen LogP contribution >= 0.6 is 0 Å². The zero-order valence-corrected chi connectivity index (χ0v) is 10.8. The van der Waals surface area contributed by atoms with E-state index in [1.54, 1.807) is 6.07 Å². The Kier molecular flexibility index (Phi) is 3.07. The van der Waals surface area contributed by atoms with Crippen molar-refractivity contribution in [2.75, 3.05) is 11.4 Å². The molecule has 96 valence electrons. The minimum Gasteiger partial charge on any atom is -0.443 e. The van der Waals surface area contributed by atoms with Crippen molar-refractivity contribution >= 4 is 18.2 Å². The van der Waals surface area contributed by atoms with Crippen molar-refractivity contribution in [1.29, 1.82) is 0 Å². The highest BCUT2D eigenvalue weighted by Gasteiger charge is 2.30. The summed E-state index contributed by atoms with van der Waals surface area (Å²) in [5.41, 5.74) is 0.910. The molecule has 0 saturated carbocycles. The SMILES string of the molecule is CC(C)(C)OC(=O)N1CCc2cc(C=O)cnc21. The van der Waals surface area contributed by atoms with Crippen molar-refractivity contribution in [3.8, 4) is 0 Å². The molecule has 0 spiro atoms. The van der Waals surface area contributed by atoms with E-state index >= 15 is 0 Å². The van der Waals surface area contributed by atoms with Gasteiger partial charge < -0.3 is 4.74 Å². The van der Waals surface area contributed by atoms with Crippen molar-refractivity contribution in [2.45, 2.75) is 32.8 Å². The molecule has 5 nitrogen and oxygen atoms in total. The third-order valence-corrected chi connectivity index (χ3v) is 2.57. The van der Waals surface area contributed by atoms with E-state index in [-0.39, 0.29) is 0 Å². The van der Waals surface area contributed by atoms with Crippen LogP contribution in [0.25, 0.3) is 0 Å². The highest BCUT2D eigenvalue weighted by molar-refractivity contribution is 5.89. The molecule has 1 amide bonds. The summed E-state index contributed by atoms with van der Waals surface area (Å²) < 4.78 is 5.31. The van der Waals surface area contributed by atoms with Crippen LogP contribution in [0.4, 0.5) is 10.6 Å². The predicted molar refractivity (Wildman–Crippen MR) is 66.9 cm³/mol. The topological polar surface area (TPSA) is 59.5 Å². The fourth-order valence-electron chi connectivity index (χ4n) is 1.85. The molecule has 0 aromatic carbocycles. The second-order valence-electron chi connectivity index (χ2n) is 5.25. The highest BCUT2D eigenvalue weighted by atomic mass is 16.6. The summed E-state index contributed by atoms with van der Waals surface area (Å²) in [4.78, 5) is 28.3. The summed E-state index contributed by atoms with van der Waals surface area (Å²) in [6.07, 6.45) is 2.52. The summed E-state index contributed by atoms with van der Waals surface area (Å²) in [5.74, 6) is 0.592. The van der Waals surface area contributed by atoms with Gasteiger partial charge in [-0.3, -0.25) is 9.69 Å². The first-order valence-electron chi connectivity index (χ1n) is 5.85. The van der Waals surface area contributed by atoms with Crippen LogP contribution in [0.2, 0.25) is 0 Å². The maximum atomic E-state index is 12.0. The van der Waals surface area contributed by atoms with Crippen LogP contribution < -0.4 is 4.90 Å². The Hall–Kier alpha value is -1.91. The molecule has 18 heavy (non-hydrogen) atoms. The van der Waals surface area contributed by atoms with E-state index in [1.165, 1.54) is 11.1 Å². The number of ether oxygens (including phenoxy) is 1. The normalized spacial score (nSPS) is 14.3. The van der Waals surface area contributed by atoms with Crippen molar-refractivity contribution in [3.05, 3.63) is 23.4 Å². The van der Waals surface area contributed by atoms with E-state index in [0.29, 0.717) is 24.3 Å². The van der Waals surface area contributed by atoms with Crippen LogP contribution in [0.1, 0.15) is 36.7 Å². The van der Waals surface area contributed by atoms with E-state index in [0.717, 1.165) is 11.8 Å². The number of aromatic nitrogens is 1. The van der Waals surface area contributed by atoms with Crippen LogP contribution in [0, 0.1) is 0 Å². The molecule has 5 heteroatoms. The van der Waals surface area contributed by atoms with Gasteiger partial charge in [-0.25, -0.2) is 9.78 Å². The number of carbonyl (C=O) groups is 2. The van der Waals surface area contributed by atoms with Gasteiger partial charge in [-0.1, -0.05) is 0 Å². The molecule has 0 N–H and O–H groups in total. The van der Waals surface area contributed by atoms with Gasteiger partial charge in [0.2, 0.25) is 0 Å². The number of fused-ring (bicyclic) bond motifs is 1. The van der Waals surface area contributed by atoms with Crippen molar-refractivity contribution in [2.24, 2.45) is 0 Å². The number of pyridine rings is 1. The number of carbonyl (C=O) groups excluding carboxylic acids is 2. The largest absolute Gasteiger partial charge is 0.443 e. The van der Waals surface area contributed by atoms with Crippen LogP contribution in [0.5, 0.6) is 0 Å². The molecule has 0 fully saturated rings. The summed E-state index contributed by atoms with van der Waals surface area (Å²) in [6.45, 7) is 6.01. The summed E-state index contributed by atoms with van der Waals surface area (Å²) in [6, 6.07) is 1.76. The lowest BCUT2D eigenvalue weighted by molar-refractivity contribution is 0.0583. The van der Waals surface area contributed by atoms with Crippen LogP contribution in [-0.4, -0.2) is 29.5 Å². The lowest BCUT2D eigenvalue weighted by Gasteiger charge is -2.24. The lowest BCUT2D eigenvalue weighted by atomic mass is 10.2. The second kappa shape index (κ2) is 4.40. The summed E-state index contributed by atoms with van der Waals surface area (Å²) in [7, 11) is 0. The van der Waals surface area contributed by atoms with E-state index in [2.05, 4.69) is 4.98 Å². The predicted octanol–water partition coefficient (Wildman–Crippen LogP) is 2.19. The Bertz CT molecular complexity index is 491. The quantitative estimate of drug-likeness (QED) is 0.715. The van der Waals surface area contributed by atoms with E-state index in [9.17, 15) is 9.59 Å². The highest BCUT2D eigenvalue weighted by Crippen LogP contribution is 2.27. The van der Waals surface area contributed by atoms with Gasteiger partial charge in [-0.05, 0) is 38.8 Å². The Balaban J connectivity index is 2.21. The lowest BCUT2D eigenvalue weighted by Crippen LogP contribution is -2.36. The van der Waals surface area contributed by atoms with Crippen LogP contribution in [-0.2, 0) is 11.2 Å². The molecule has 0 unspecified atom stereocenters. The maximum Gasteiger partial charge on any atom is 0.416 e. The molecule has 2 rings (SSSR count). The van der Waals surface area contributed by atoms with Crippen molar-refractivity contribution in [1.82, 2.24) is 4.98 Å². The van der Waals surface area contributed by atoms with E-state index in [1.807, 2.05) is 20.8 Å². The molecule has 1 aliphatic heterocycles. The van der Waals surface area contributed by atoms with Gasteiger partial charge >= 0.3 is 6.09 Å². The molecule has 1 aromatic rings. The van der Waals surface area contributed by atoms with Crippen molar-refractivity contribution in [3.63, 3.8) is 0 Å². The Morgan fingerprint density at radius 1 is 1.50 bits per heavy atom. The van der Waals surface area contributed by atoms with E-state index < -0.39 is 11.7 Å². The molecular formula is C13H16N2O3. The molecule has 1 aliphatic rings. The smallest absolute Gasteiger partial charge is 0.416 e. The molecule has 1 aromatic heterocycles. The number of rotatable bonds is 1. The minimum atomic E-state index is -0.525. The van der Waals surface area contributed by atoms with Crippen molar-refractivity contribution < 1.29 is 14.3 Å². The van der Waals surface area contributed by atoms with Gasteiger partial charge in [-0.15, -0.1) is 0 Å². The molecule has 2 heterocycles. The zero-order chi connectivity index (χ0) is 13.3.